The number of nitrogens with one attached hydrogen (secondary N) is 1. The predicted octanol–water partition coefficient (Wildman–Crippen LogP) is 3.34. The number of rotatable bonds is 4. The van der Waals surface area contributed by atoms with E-state index >= 15 is 0 Å². The molecular weight excluding hydrogens is 320 g/mol. The van der Waals surface area contributed by atoms with Gasteiger partial charge in [-0.3, -0.25) is 4.79 Å². The first-order valence-electron chi connectivity index (χ1n) is 6.17. The van der Waals surface area contributed by atoms with Crippen LogP contribution >= 0.6 is 15.9 Å². The molecule has 0 aliphatic rings. The molecule has 2 aromatic rings. The average molecular weight is 335 g/mol. The van der Waals surface area contributed by atoms with E-state index in [2.05, 4.69) is 26.2 Å². The van der Waals surface area contributed by atoms with Crippen LogP contribution in [0.1, 0.15) is 29.0 Å². The Labute approximate surface area is 126 Å². The summed E-state index contributed by atoms with van der Waals surface area (Å²) in [7, 11) is 1.62. The maximum atomic E-state index is 12.1. The number of nitrogens with zero attached hydrogens (tertiary/aromatic N) is 1. The largest absolute Gasteiger partial charge is 0.497 e. The Balaban J connectivity index is 2.06. The molecule has 0 spiro atoms. The molecule has 1 N–H and O–H groups in total. The summed E-state index contributed by atoms with van der Waals surface area (Å²) in [5.41, 5.74) is 1.40. The van der Waals surface area contributed by atoms with Gasteiger partial charge in [0.1, 0.15) is 16.0 Å². The lowest BCUT2D eigenvalue weighted by molar-refractivity contribution is 0.0934. The van der Waals surface area contributed by atoms with E-state index in [-0.39, 0.29) is 11.9 Å². The Morgan fingerprint density at radius 1 is 1.25 bits per heavy atom. The number of carbonyl (C=O) groups is 1. The second-order valence-electron chi connectivity index (χ2n) is 4.31. The van der Waals surface area contributed by atoms with Gasteiger partial charge >= 0.3 is 0 Å². The van der Waals surface area contributed by atoms with Crippen molar-refractivity contribution in [3.05, 3.63) is 58.3 Å². The van der Waals surface area contributed by atoms with Crippen LogP contribution in [0.3, 0.4) is 0 Å². The molecule has 2 rings (SSSR count). The maximum absolute atomic E-state index is 12.1. The SMILES string of the molecule is COc1ccc(C(C)NC(=O)c2cccc(Br)n2)cc1. The van der Waals surface area contributed by atoms with Crippen LogP contribution in [0.5, 0.6) is 5.75 Å². The van der Waals surface area contributed by atoms with Gasteiger partial charge in [0.05, 0.1) is 13.2 Å². The molecule has 1 unspecified atom stereocenters. The lowest BCUT2D eigenvalue weighted by Crippen LogP contribution is -2.27. The summed E-state index contributed by atoms with van der Waals surface area (Å²) in [6, 6.07) is 12.7. The van der Waals surface area contributed by atoms with Crippen molar-refractivity contribution in [2.75, 3.05) is 7.11 Å². The van der Waals surface area contributed by atoms with Crippen LogP contribution < -0.4 is 10.1 Å². The minimum atomic E-state index is -0.199. The number of aromatic nitrogens is 1. The summed E-state index contributed by atoms with van der Waals surface area (Å²) in [4.78, 5) is 16.2. The lowest BCUT2D eigenvalue weighted by Gasteiger charge is -2.14. The smallest absolute Gasteiger partial charge is 0.270 e. The van der Waals surface area contributed by atoms with Crippen LogP contribution in [0.4, 0.5) is 0 Å². The normalized spacial score (nSPS) is 11.8. The first-order chi connectivity index (χ1) is 9.60. The van der Waals surface area contributed by atoms with Crippen LogP contribution in [0.25, 0.3) is 0 Å². The minimum absolute atomic E-state index is 0.103. The molecular formula is C15H15BrN2O2. The first-order valence-corrected chi connectivity index (χ1v) is 6.97. The zero-order chi connectivity index (χ0) is 14.5. The third-order valence-corrected chi connectivity index (χ3v) is 3.35. The highest BCUT2D eigenvalue weighted by atomic mass is 79.9. The van der Waals surface area contributed by atoms with E-state index in [4.69, 9.17) is 4.74 Å². The van der Waals surface area contributed by atoms with Gasteiger partial charge in [-0.2, -0.15) is 0 Å². The molecule has 0 saturated carbocycles. The monoisotopic (exact) mass is 334 g/mol. The Morgan fingerprint density at radius 3 is 2.55 bits per heavy atom. The maximum Gasteiger partial charge on any atom is 0.270 e. The first kappa shape index (κ1) is 14.5. The fourth-order valence-electron chi connectivity index (χ4n) is 1.78. The van der Waals surface area contributed by atoms with Gasteiger partial charge < -0.3 is 10.1 Å². The number of carbonyl (C=O) groups excluding carboxylic acids is 1. The van der Waals surface area contributed by atoms with Gasteiger partial charge in [-0.1, -0.05) is 18.2 Å². The van der Waals surface area contributed by atoms with Gasteiger partial charge in [-0.25, -0.2) is 4.98 Å². The van der Waals surface area contributed by atoms with Gasteiger partial charge in [0.25, 0.3) is 5.91 Å². The van der Waals surface area contributed by atoms with Crippen molar-refractivity contribution in [1.29, 1.82) is 0 Å². The molecule has 0 fully saturated rings. The standard InChI is InChI=1S/C15H15BrN2O2/c1-10(11-6-8-12(20-2)9-7-11)17-15(19)13-4-3-5-14(16)18-13/h3-10H,1-2H3,(H,17,19). The molecule has 20 heavy (non-hydrogen) atoms. The fourth-order valence-corrected chi connectivity index (χ4v) is 2.12. The van der Waals surface area contributed by atoms with E-state index in [1.165, 1.54) is 0 Å². The second kappa shape index (κ2) is 6.52. The van der Waals surface area contributed by atoms with E-state index in [9.17, 15) is 4.79 Å². The van der Waals surface area contributed by atoms with Crippen molar-refractivity contribution < 1.29 is 9.53 Å². The van der Waals surface area contributed by atoms with Crippen molar-refractivity contribution in [1.82, 2.24) is 10.3 Å². The number of hydrogen-bond donors (Lipinski definition) is 1. The molecule has 1 amide bonds. The van der Waals surface area contributed by atoms with Gasteiger partial charge in [0.2, 0.25) is 0 Å². The molecule has 1 heterocycles. The number of methoxy groups -OCH3 is 1. The molecule has 1 atom stereocenters. The van der Waals surface area contributed by atoms with Crippen LogP contribution in [0.2, 0.25) is 0 Å². The van der Waals surface area contributed by atoms with Crippen molar-refractivity contribution >= 4 is 21.8 Å². The van der Waals surface area contributed by atoms with Crippen LogP contribution in [0, 0.1) is 0 Å². The molecule has 0 aliphatic heterocycles. The highest BCUT2D eigenvalue weighted by Gasteiger charge is 2.12. The van der Waals surface area contributed by atoms with Gasteiger partial charge in [-0.05, 0) is 52.7 Å². The highest BCUT2D eigenvalue weighted by molar-refractivity contribution is 9.10. The molecule has 4 nitrogen and oxygen atoms in total. The number of hydrogen-bond acceptors (Lipinski definition) is 3. The summed E-state index contributed by atoms with van der Waals surface area (Å²) in [6.45, 7) is 1.93. The summed E-state index contributed by atoms with van der Waals surface area (Å²) in [5.74, 6) is 0.593. The third-order valence-electron chi connectivity index (χ3n) is 2.91. The van der Waals surface area contributed by atoms with Gasteiger partial charge in [0, 0.05) is 0 Å². The van der Waals surface area contributed by atoms with Crippen molar-refractivity contribution in [2.45, 2.75) is 13.0 Å². The number of halogens is 1. The third kappa shape index (κ3) is 3.57. The van der Waals surface area contributed by atoms with Crippen LogP contribution in [-0.2, 0) is 0 Å². The van der Waals surface area contributed by atoms with E-state index < -0.39 is 0 Å². The van der Waals surface area contributed by atoms with E-state index in [0.717, 1.165) is 11.3 Å². The zero-order valence-corrected chi connectivity index (χ0v) is 12.8. The van der Waals surface area contributed by atoms with Crippen molar-refractivity contribution in [3.63, 3.8) is 0 Å². The summed E-state index contributed by atoms with van der Waals surface area (Å²) in [5, 5.41) is 2.91. The van der Waals surface area contributed by atoms with Gasteiger partial charge in [0.15, 0.2) is 0 Å². The molecule has 5 heteroatoms. The van der Waals surface area contributed by atoms with Crippen LogP contribution in [0.15, 0.2) is 47.1 Å². The molecule has 104 valence electrons. The topological polar surface area (TPSA) is 51.2 Å². The van der Waals surface area contributed by atoms with E-state index in [1.807, 2.05) is 31.2 Å². The zero-order valence-electron chi connectivity index (χ0n) is 11.3. The minimum Gasteiger partial charge on any atom is -0.497 e. The van der Waals surface area contributed by atoms with Crippen molar-refractivity contribution in [3.8, 4) is 5.75 Å². The number of pyridine rings is 1. The number of benzene rings is 1. The van der Waals surface area contributed by atoms with Gasteiger partial charge in [-0.15, -0.1) is 0 Å². The Morgan fingerprint density at radius 2 is 1.95 bits per heavy atom. The lowest BCUT2D eigenvalue weighted by atomic mass is 10.1. The summed E-state index contributed by atoms with van der Waals surface area (Å²) in [6.07, 6.45) is 0. The fraction of sp³-hybridized carbons (Fsp3) is 0.200. The molecule has 1 aromatic heterocycles. The Kier molecular flexibility index (Phi) is 4.74. The Bertz CT molecular complexity index is 599. The number of ether oxygens (including phenoxy) is 1. The predicted molar refractivity (Wildman–Crippen MR) is 80.8 cm³/mol. The van der Waals surface area contributed by atoms with E-state index in [1.54, 1.807) is 25.3 Å². The van der Waals surface area contributed by atoms with Crippen molar-refractivity contribution in [2.24, 2.45) is 0 Å². The molecule has 1 aromatic carbocycles. The number of amides is 1. The van der Waals surface area contributed by atoms with Crippen LogP contribution in [-0.4, -0.2) is 18.0 Å². The molecule has 0 bridgehead atoms. The second-order valence-corrected chi connectivity index (χ2v) is 5.13. The summed E-state index contributed by atoms with van der Waals surface area (Å²) < 4.78 is 5.75. The molecule has 0 saturated heterocycles. The highest BCUT2D eigenvalue weighted by Crippen LogP contribution is 2.17. The molecule has 0 radical (unpaired) electrons. The Hall–Kier alpha value is -1.88. The quantitative estimate of drug-likeness (QED) is 0.872. The van der Waals surface area contributed by atoms with E-state index in [0.29, 0.717) is 10.3 Å². The molecule has 0 aliphatic carbocycles. The average Bonchev–Trinajstić information content (AvgIpc) is 2.47. The summed E-state index contributed by atoms with van der Waals surface area (Å²) >= 11 is 3.25.